The maximum atomic E-state index is 12.3. The highest BCUT2D eigenvalue weighted by molar-refractivity contribution is 7.89. The number of nitrogens with one attached hydrogen (secondary N) is 1. The summed E-state index contributed by atoms with van der Waals surface area (Å²) in [6, 6.07) is 6.96. The average Bonchev–Trinajstić information content (AvgIpc) is 2.39. The second kappa shape index (κ2) is 4.27. The van der Waals surface area contributed by atoms with E-state index in [9.17, 15) is 8.42 Å². The fraction of sp³-hybridized carbons (Fsp3) is 0.273. The van der Waals surface area contributed by atoms with E-state index in [0.29, 0.717) is 30.2 Å². The molecule has 4 nitrogen and oxygen atoms in total. The zero-order valence-corrected chi connectivity index (χ0v) is 9.70. The number of benzene rings is 1. The molecule has 0 radical (unpaired) electrons. The van der Waals surface area contributed by atoms with Crippen LogP contribution >= 0.6 is 0 Å². The van der Waals surface area contributed by atoms with Crippen LogP contribution in [0.3, 0.4) is 0 Å². The van der Waals surface area contributed by atoms with E-state index in [1.165, 1.54) is 4.31 Å². The summed E-state index contributed by atoms with van der Waals surface area (Å²) in [6.07, 6.45) is 1.60. The molecule has 1 aliphatic rings. The molecule has 2 rings (SSSR count). The number of anilines is 1. The summed E-state index contributed by atoms with van der Waals surface area (Å²) in [6.45, 7) is 5.00. The third kappa shape index (κ3) is 1.83. The summed E-state index contributed by atoms with van der Waals surface area (Å²) >= 11 is 0. The van der Waals surface area contributed by atoms with Crippen molar-refractivity contribution in [3.63, 3.8) is 0 Å². The van der Waals surface area contributed by atoms with Crippen molar-refractivity contribution in [3.05, 3.63) is 36.9 Å². The van der Waals surface area contributed by atoms with E-state index in [4.69, 9.17) is 0 Å². The Morgan fingerprint density at radius 3 is 2.94 bits per heavy atom. The molecule has 0 saturated heterocycles. The minimum atomic E-state index is -3.38. The molecule has 86 valence electrons. The lowest BCUT2D eigenvalue weighted by molar-refractivity contribution is 0.458. The Labute approximate surface area is 95.6 Å². The van der Waals surface area contributed by atoms with E-state index in [-0.39, 0.29) is 0 Å². The summed E-state index contributed by atoms with van der Waals surface area (Å²) in [5.41, 5.74) is 0.675. The van der Waals surface area contributed by atoms with Crippen LogP contribution in [0.1, 0.15) is 0 Å². The maximum absolute atomic E-state index is 12.3. The van der Waals surface area contributed by atoms with Crippen LogP contribution in [0.2, 0.25) is 0 Å². The van der Waals surface area contributed by atoms with Gasteiger partial charge in [0.15, 0.2) is 0 Å². The van der Waals surface area contributed by atoms with Gasteiger partial charge in [-0.3, -0.25) is 0 Å². The lowest BCUT2D eigenvalue weighted by Gasteiger charge is -2.17. The first-order valence-electron chi connectivity index (χ1n) is 5.10. The number of para-hydroxylation sites is 1. The summed E-state index contributed by atoms with van der Waals surface area (Å²) in [5, 5.41) is 3.11. The van der Waals surface area contributed by atoms with Gasteiger partial charge in [-0.2, -0.15) is 4.31 Å². The summed E-state index contributed by atoms with van der Waals surface area (Å²) < 4.78 is 25.9. The smallest absolute Gasteiger partial charge is 0.245 e. The van der Waals surface area contributed by atoms with E-state index in [1.54, 1.807) is 24.3 Å². The third-order valence-electron chi connectivity index (χ3n) is 2.51. The van der Waals surface area contributed by atoms with Crippen LogP contribution in [0.4, 0.5) is 5.69 Å². The molecule has 5 heteroatoms. The second-order valence-electron chi connectivity index (χ2n) is 3.57. The van der Waals surface area contributed by atoms with Crippen molar-refractivity contribution in [1.82, 2.24) is 4.31 Å². The minimum Gasteiger partial charge on any atom is -0.383 e. The van der Waals surface area contributed by atoms with Crippen molar-refractivity contribution >= 4 is 15.7 Å². The zero-order chi connectivity index (χ0) is 11.6. The van der Waals surface area contributed by atoms with E-state index < -0.39 is 10.0 Å². The molecule has 1 aromatic rings. The van der Waals surface area contributed by atoms with E-state index >= 15 is 0 Å². The predicted molar refractivity (Wildman–Crippen MR) is 63.9 cm³/mol. The summed E-state index contributed by atoms with van der Waals surface area (Å²) in [7, 11) is -3.38. The van der Waals surface area contributed by atoms with Gasteiger partial charge in [-0.25, -0.2) is 8.42 Å². The van der Waals surface area contributed by atoms with Crippen molar-refractivity contribution in [1.29, 1.82) is 0 Å². The lowest BCUT2D eigenvalue weighted by Crippen LogP contribution is -2.32. The zero-order valence-electron chi connectivity index (χ0n) is 8.89. The number of hydrogen-bond acceptors (Lipinski definition) is 3. The van der Waals surface area contributed by atoms with Gasteiger partial charge in [0.05, 0.1) is 5.69 Å². The van der Waals surface area contributed by atoms with Gasteiger partial charge in [-0.15, -0.1) is 6.58 Å². The van der Waals surface area contributed by atoms with Gasteiger partial charge in [0, 0.05) is 19.6 Å². The average molecular weight is 238 g/mol. The first-order valence-corrected chi connectivity index (χ1v) is 6.54. The Balaban J connectivity index is 2.52. The molecule has 1 N–H and O–H groups in total. The van der Waals surface area contributed by atoms with Gasteiger partial charge < -0.3 is 5.32 Å². The van der Waals surface area contributed by atoms with Crippen LogP contribution in [0.5, 0.6) is 0 Å². The molecule has 16 heavy (non-hydrogen) atoms. The number of hydrogen-bond donors (Lipinski definition) is 1. The Morgan fingerprint density at radius 2 is 2.19 bits per heavy atom. The molecule has 0 unspecified atom stereocenters. The number of sulfonamides is 1. The molecule has 0 atom stereocenters. The van der Waals surface area contributed by atoms with Crippen molar-refractivity contribution in [2.24, 2.45) is 0 Å². The van der Waals surface area contributed by atoms with Crippen molar-refractivity contribution in [3.8, 4) is 0 Å². The third-order valence-corrected chi connectivity index (χ3v) is 4.44. The largest absolute Gasteiger partial charge is 0.383 e. The first-order chi connectivity index (χ1) is 7.66. The molecule has 1 heterocycles. The minimum absolute atomic E-state index is 0.342. The SMILES string of the molecule is C=CCN1CCNc2ccccc2S1(=O)=O. The van der Waals surface area contributed by atoms with Gasteiger partial charge in [0.2, 0.25) is 10.0 Å². The van der Waals surface area contributed by atoms with Crippen LogP contribution < -0.4 is 5.32 Å². The van der Waals surface area contributed by atoms with E-state index in [2.05, 4.69) is 11.9 Å². The number of fused-ring (bicyclic) bond motifs is 1. The summed E-state index contributed by atoms with van der Waals surface area (Å²) in [5.74, 6) is 0. The number of nitrogens with zero attached hydrogens (tertiary/aromatic N) is 1. The maximum Gasteiger partial charge on any atom is 0.245 e. The highest BCUT2D eigenvalue weighted by Crippen LogP contribution is 2.26. The highest BCUT2D eigenvalue weighted by atomic mass is 32.2. The van der Waals surface area contributed by atoms with Crippen molar-refractivity contribution < 1.29 is 8.42 Å². The topological polar surface area (TPSA) is 49.4 Å². The molecule has 0 aliphatic carbocycles. The molecular weight excluding hydrogens is 224 g/mol. The van der Waals surface area contributed by atoms with Crippen molar-refractivity contribution in [2.45, 2.75) is 4.90 Å². The van der Waals surface area contributed by atoms with E-state index in [0.717, 1.165) is 0 Å². The highest BCUT2D eigenvalue weighted by Gasteiger charge is 2.28. The van der Waals surface area contributed by atoms with Crippen LogP contribution in [-0.2, 0) is 10.0 Å². The van der Waals surface area contributed by atoms with Crippen molar-refractivity contribution in [2.75, 3.05) is 25.0 Å². The Kier molecular flexibility index (Phi) is 2.98. The van der Waals surface area contributed by atoms with Gasteiger partial charge in [-0.05, 0) is 12.1 Å². The van der Waals surface area contributed by atoms with Gasteiger partial charge in [0.25, 0.3) is 0 Å². The molecule has 0 aromatic heterocycles. The fourth-order valence-electron chi connectivity index (χ4n) is 1.75. The second-order valence-corrected chi connectivity index (χ2v) is 5.48. The van der Waals surface area contributed by atoms with Gasteiger partial charge in [-0.1, -0.05) is 18.2 Å². The lowest BCUT2D eigenvalue weighted by atomic mass is 10.3. The van der Waals surface area contributed by atoms with Gasteiger partial charge >= 0.3 is 0 Å². The molecule has 1 aliphatic heterocycles. The Hall–Kier alpha value is -1.33. The quantitative estimate of drug-likeness (QED) is 0.790. The first kappa shape index (κ1) is 11.2. The molecule has 0 amide bonds. The standard InChI is InChI=1S/C11H14N2O2S/c1-2-8-13-9-7-12-10-5-3-4-6-11(10)16(13,14)15/h2-6,12H,1,7-9H2. The number of rotatable bonds is 2. The molecule has 0 bridgehead atoms. The molecule has 1 aromatic carbocycles. The fourth-order valence-corrected chi connectivity index (χ4v) is 3.33. The molecule has 0 spiro atoms. The molecule has 0 fully saturated rings. The Morgan fingerprint density at radius 1 is 1.44 bits per heavy atom. The van der Waals surface area contributed by atoms with Crippen LogP contribution in [0.15, 0.2) is 41.8 Å². The molecular formula is C11H14N2O2S. The van der Waals surface area contributed by atoms with Crippen LogP contribution in [-0.4, -0.2) is 32.4 Å². The summed E-state index contributed by atoms with van der Waals surface area (Å²) in [4.78, 5) is 0.342. The van der Waals surface area contributed by atoms with Gasteiger partial charge in [0.1, 0.15) is 4.90 Å². The normalized spacial score (nSPS) is 19.2. The van der Waals surface area contributed by atoms with E-state index in [1.807, 2.05) is 6.07 Å². The van der Waals surface area contributed by atoms with Crippen LogP contribution in [0, 0.1) is 0 Å². The predicted octanol–water partition coefficient (Wildman–Crippen LogP) is 1.29. The Bertz CT molecular complexity index is 496. The van der Waals surface area contributed by atoms with Crippen LogP contribution in [0.25, 0.3) is 0 Å². The molecule has 0 saturated carbocycles. The monoisotopic (exact) mass is 238 g/mol.